The third-order valence-electron chi connectivity index (χ3n) is 2.99. The first kappa shape index (κ1) is 10.9. The molecule has 1 aliphatic rings. The molecule has 1 aromatic carbocycles. The predicted octanol–water partition coefficient (Wildman–Crippen LogP) is 2.09. The second-order valence-corrected chi connectivity index (χ2v) is 4.05. The number of hydrogen-bond donors (Lipinski definition) is 0. The molecule has 0 N–H and O–H groups in total. The summed E-state index contributed by atoms with van der Waals surface area (Å²) in [5, 5.41) is 0. The molecule has 3 nitrogen and oxygen atoms in total. The van der Waals surface area contributed by atoms with Gasteiger partial charge in [-0.2, -0.15) is 0 Å². The van der Waals surface area contributed by atoms with Crippen molar-refractivity contribution in [3.05, 3.63) is 35.4 Å². The normalized spacial score (nSPS) is 16.6. The first-order chi connectivity index (χ1) is 7.73. The van der Waals surface area contributed by atoms with Crippen LogP contribution in [0.1, 0.15) is 35.7 Å². The zero-order valence-corrected chi connectivity index (χ0v) is 9.23. The summed E-state index contributed by atoms with van der Waals surface area (Å²) in [7, 11) is 0. The minimum atomic E-state index is -0.477. The standard InChI is InChI=1S/C13H14O3/c1-2-16-12(15)13(6-7-13)11-5-3-4-10(8-11)9-14/h3-5,8-9H,2,6-7H2,1H3. The maximum absolute atomic E-state index is 11.8. The molecule has 0 unspecified atom stereocenters. The molecule has 3 heteroatoms. The average Bonchev–Trinajstić information content (AvgIpc) is 3.11. The zero-order valence-electron chi connectivity index (χ0n) is 9.23. The Kier molecular flexibility index (Phi) is 2.77. The van der Waals surface area contributed by atoms with E-state index in [1.165, 1.54) is 0 Å². The van der Waals surface area contributed by atoms with Crippen LogP contribution in [0.5, 0.6) is 0 Å². The average molecular weight is 218 g/mol. The van der Waals surface area contributed by atoms with Crippen molar-refractivity contribution < 1.29 is 14.3 Å². The lowest BCUT2D eigenvalue weighted by Crippen LogP contribution is -2.23. The maximum atomic E-state index is 11.8. The minimum absolute atomic E-state index is 0.168. The molecule has 0 aliphatic heterocycles. The van der Waals surface area contributed by atoms with E-state index in [1.54, 1.807) is 25.1 Å². The second-order valence-electron chi connectivity index (χ2n) is 4.05. The highest BCUT2D eigenvalue weighted by molar-refractivity contribution is 5.87. The van der Waals surface area contributed by atoms with E-state index < -0.39 is 5.41 Å². The van der Waals surface area contributed by atoms with Gasteiger partial charge >= 0.3 is 5.97 Å². The Bertz CT molecular complexity index is 419. The SMILES string of the molecule is CCOC(=O)C1(c2cccc(C=O)c2)CC1. The summed E-state index contributed by atoms with van der Waals surface area (Å²) in [6, 6.07) is 7.20. The van der Waals surface area contributed by atoms with Crippen molar-refractivity contribution in [2.45, 2.75) is 25.2 Å². The molecular formula is C13H14O3. The van der Waals surface area contributed by atoms with Crippen LogP contribution in [-0.2, 0) is 14.9 Å². The third kappa shape index (κ3) is 1.73. The van der Waals surface area contributed by atoms with Crippen molar-refractivity contribution in [2.75, 3.05) is 6.61 Å². The number of hydrogen-bond acceptors (Lipinski definition) is 3. The van der Waals surface area contributed by atoms with Crippen LogP contribution >= 0.6 is 0 Å². The largest absolute Gasteiger partial charge is 0.465 e. The fourth-order valence-corrected chi connectivity index (χ4v) is 1.91. The van der Waals surface area contributed by atoms with Gasteiger partial charge in [-0.25, -0.2) is 0 Å². The van der Waals surface area contributed by atoms with Gasteiger partial charge in [-0.1, -0.05) is 18.2 Å². The van der Waals surface area contributed by atoms with E-state index in [1.807, 2.05) is 6.07 Å². The highest BCUT2D eigenvalue weighted by atomic mass is 16.5. The lowest BCUT2D eigenvalue weighted by Gasteiger charge is -2.14. The highest BCUT2D eigenvalue weighted by Crippen LogP contribution is 2.49. The summed E-state index contributed by atoms with van der Waals surface area (Å²) in [4.78, 5) is 22.5. The van der Waals surface area contributed by atoms with Gasteiger partial charge in [0.1, 0.15) is 6.29 Å². The van der Waals surface area contributed by atoms with Crippen LogP contribution < -0.4 is 0 Å². The lowest BCUT2D eigenvalue weighted by atomic mass is 9.95. The Labute approximate surface area is 94.4 Å². The van der Waals surface area contributed by atoms with Gasteiger partial charge in [0, 0.05) is 5.56 Å². The molecular weight excluding hydrogens is 204 g/mol. The summed E-state index contributed by atoms with van der Waals surface area (Å²) < 4.78 is 5.07. The molecule has 0 radical (unpaired) electrons. The molecule has 1 fully saturated rings. The second kappa shape index (κ2) is 4.08. The van der Waals surface area contributed by atoms with Crippen LogP contribution in [0.25, 0.3) is 0 Å². The minimum Gasteiger partial charge on any atom is -0.465 e. The first-order valence-electron chi connectivity index (χ1n) is 5.46. The van der Waals surface area contributed by atoms with Gasteiger partial charge in [0.15, 0.2) is 0 Å². The quantitative estimate of drug-likeness (QED) is 0.574. The number of aldehydes is 1. The van der Waals surface area contributed by atoms with E-state index in [2.05, 4.69) is 0 Å². The maximum Gasteiger partial charge on any atom is 0.316 e. The molecule has 84 valence electrons. The molecule has 0 heterocycles. The molecule has 1 aromatic rings. The Morgan fingerprint density at radius 1 is 1.50 bits per heavy atom. The van der Waals surface area contributed by atoms with Crippen molar-refractivity contribution in [1.29, 1.82) is 0 Å². The van der Waals surface area contributed by atoms with Gasteiger partial charge in [-0.15, -0.1) is 0 Å². The molecule has 0 bridgehead atoms. The summed E-state index contributed by atoms with van der Waals surface area (Å²) in [6.07, 6.45) is 2.42. The Morgan fingerprint density at radius 2 is 2.25 bits per heavy atom. The molecule has 1 saturated carbocycles. The molecule has 1 aliphatic carbocycles. The smallest absolute Gasteiger partial charge is 0.316 e. The first-order valence-corrected chi connectivity index (χ1v) is 5.46. The van der Waals surface area contributed by atoms with Crippen LogP contribution in [0, 0.1) is 0 Å². The van der Waals surface area contributed by atoms with Gasteiger partial charge in [0.05, 0.1) is 12.0 Å². The van der Waals surface area contributed by atoms with E-state index in [4.69, 9.17) is 4.74 Å². The van der Waals surface area contributed by atoms with Crippen LogP contribution in [0.3, 0.4) is 0 Å². The molecule has 16 heavy (non-hydrogen) atoms. The third-order valence-corrected chi connectivity index (χ3v) is 2.99. The van der Waals surface area contributed by atoms with E-state index in [-0.39, 0.29) is 5.97 Å². The van der Waals surface area contributed by atoms with Gasteiger partial charge < -0.3 is 4.74 Å². The van der Waals surface area contributed by atoms with Gasteiger partial charge in [0.25, 0.3) is 0 Å². The van der Waals surface area contributed by atoms with Gasteiger partial charge in [0.2, 0.25) is 0 Å². The molecule has 0 aromatic heterocycles. The van der Waals surface area contributed by atoms with E-state index in [0.717, 1.165) is 24.7 Å². The Balaban J connectivity index is 2.29. The molecule has 0 saturated heterocycles. The molecule has 0 amide bonds. The van der Waals surface area contributed by atoms with Crippen LogP contribution in [0.4, 0.5) is 0 Å². The highest BCUT2D eigenvalue weighted by Gasteiger charge is 2.52. The van der Waals surface area contributed by atoms with Gasteiger partial charge in [-0.05, 0) is 31.4 Å². The summed E-state index contributed by atoms with van der Waals surface area (Å²) in [5.74, 6) is -0.168. The lowest BCUT2D eigenvalue weighted by molar-refractivity contribution is -0.146. The fraction of sp³-hybridized carbons (Fsp3) is 0.385. The Morgan fingerprint density at radius 3 is 2.81 bits per heavy atom. The molecule has 0 spiro atoms. The van der Waals surface area contributed by atoms with E-state index in [0.29, 0.717) is 12.2 Å². The number of rotatable bonds is 4. The number of benzene rings is 1. The van der Waals surface area contributed by atoms with Crippen molar-refractivity contribution in [3.8, 4) is 0 Å². The Hall–Kier alpha value is -1.64. The number of ether oxygens (including phenoxy) is 1. The zero-order chi connectivity index (χ0) is 11.6. The van der Waals surface area contributed by atoms with Crippen molar-refractivity contribution in [2.24, 2.45) is 0 Å². The van der Waals surface area contributed by atoms with E-state index in [9.17, 15) is 9.59 Å². The summed E-state index contributed by atoms with van der Waals surface area (Å²) in [6.45, 7) is 2.20. The number of carbonyl (C=O) groups excluding carboxylic acids is 2. The van der Waals surface area contributed by atoms with E-state index >= 15 is 0 Å². The van der Waals surface area contributed by atoms with Gasteiger partial charge in [-0.3, -0.25) is 9.59 Å². The fourth-order valence-electron chi connectivity index (χ4n) is 1.91. The van der Waals surface area contributed by atoms with Crippen LogP contribution in [-0.4, -0.2) is 18.9 Å². The van der Waals surface area contributed by atoms with Crippen molar-refractivity contribution >= 4 is 12.3 Å². The molecule has 0 atom stereocenters. The molecule has 2 rings (SSSR count). The van der Waals surface area contributed by atoms with Crippen molar-refractivity contribution in [1.82, 2.24) is 0 Å². The monoisotopic (exact) mass is 218 g/mol. The van der Waals surface area contributed by atoms with Crippen LogP contribution in [0.2, 0.25) is 0 Å². The predicted molar refractivity (Wildman–Crippen MR) is 59.4 cm³/mol. The topological polar surface area (TPSA) is 43.4 Å². The number of esters is 1. The summed E-state index contributed by atoms with van der Waals surface area (Å²) in [5.41, 5.74) is 1.03. The summed E-state index contributed by atoms with van der Waals surface area (Å²) >= 11 is 0. The van der Waals surface area contributed by atoms with Crippen LogP contribution in [0.15, 0.2) is 24.3 Å². The van der Waals surface area contributed by atoms with Crippen molar-refractivity contribution in [3.63, 3.8) is 0 Å². The number of carbonyl (C=O) groups is 2.